The Kier molecular flexibility index (Phi) is 4.94. The van der Waals surface area contributed by atoms with E-state index in [0.29, 0.717) is 0 Å². The van der Waals surface area contributed by atoms with Crippen LogP contribution in [-0.4, -0.2) is 29.2 Å². The number of hydrogen-bond acceptors (Lipinski definition) is 4. The lowest BCUT2D eigenvalue weighted by Crippen LogP contribution is -2.39. The van der Waals surface area contributed by atoms with Crippen molar-refractivity contribution >= 4 is 5.91 Å². The molecule has 0 bridgehead atoms. The number of methoxy groups -OCH3 is 1. The summed E-state index contributed by atoms with van der Waals surface area (Å²) in [6, 6.07) is -0.459. The fourth-order valence-corrected chi connectivity index (χ4v) is 1.58. The Bertz CT molecular complexity index is 337. The van der Waals surface area contributed by atoms with Gasteiger partial charge in [0.05, 0.1) is 6.61 Å². The van der Waals surface area contributed by atoms with Crippen molar-refractivity contribution < 1.29 is 9.53 Å². The summed E-state index contributed by atoms with van der Waals surface area (Å²) in [6.07, 6.45) is 5.24. The fraction of sp³-hybridized carbons (Fsp3) is 0.600. The molecule has 0 fully saturated rings. The van der Waals surface area contributed by atoms with Gasteiger partial charge in [-0.15, -0.1) is 0 Å². The molecule has 0 aromatic carbocycles. The molecule has 1 atom stereocenters. The van der Waals surface area contributed by atoms with Crippen LogP contribution in [0.25, 0.3) is 0 Å². The van der Waals surface area contributed by atoms with E-state index in [2.05, 4.69) is 17.3 Å². The highest BCUT2D eigenvalue weighted by Crippen LogP contribution is 2.12. The number of nitrogens with two attached hydrogens (primary N) is 1. The molecule has 1 aromatic heterocycles. The lowest BCUT2D eigenvalue weighted by atomic mass is 10.2. The Morgan fingerprint density at radius 3 is 3.06 bits per heavy atom. The van der Waals surface area contributed by atoms with Gasteiger partial charge in [-0.05, 0) is 6.42 Å². The molecule has 0 radical (unpaired) electrons. The molecule has 1 aromatic rings. The van der Waals surface area contributed by atoms with Gasteiger partial charge in [-0.3, -0.25) is 10.2 Å². The smallest absolute Gasteiger partial charge is 0.259 e. The van der Waals surface area contributed by atoms with Gasteiger partial charge in [0, 0.05) is 25.9 Å². The van der Waals surface area contributed by atoms with Crippen molar-refractivity contribution in [2.24, 2.45) is 5.84 Å². The van der Waals surface area contributed by atoms with Crippen molar-refractivity contribution in [3.8, 4) is 0 Å². The summed E-state index contributed by atoms with van der Waals surface area (Å²) in [5.41, 5.74) is 2.14. The van der Waals surface area contributed by atoms with Crippen LogP contribution in [0.1, 0.15) is 25.2 Å². The van der Waals surface area contributed by atoms with Crippen LogP contribution in [0.2, 0.25) is 0 Å². The maximum Gasteiger partial charge on any atom is 0.259 e. The molecule has 90 valence electrons. The second-order valence-corrected chi connectivity index (χ2v) is 3.48. The van der Waals surface area contributed by atoms with Crippen LogP contribution >= 0.6 is 0 Å². The second kappa shape index (κ2) is 6.24. The summed E-state index contributed by atoms with van der Waals surface area (Å²) >= 11 is 0. The number of carbonyl (C=O) groups is 1. The molecule has 1 heterocycles. The predicted octanol–water partition coefficient (Wildman–Crippen LogP) is 0.0130. The van der Waals surface area contributed by atoms with E-state index in [0.717, 1.165) is 18.7 Å². The summed E-state index contributed by atoms with van der Waals surface area (Å²) in [7, 11) is 1.55. The van der Waals surface area contributed by atoms with Crippen LogP contribution < -0.4 is 11.3 Å². The molecule has 0 spiro atoms. The summed E-state index contributed by atoms with van der Waals surface area (Å²) in [4.78, 5) is 15.8. The van der Waals surface area contributed by atoms with Crippen LogP contribution in [0.5, 0.6) is 0 Å². The van der Waals surface area contributed by atoms with Gasteiger partial charge in [-0.1, -0.05) is 6.92 Å². The number of aryl methyl sites for hydroxylation is 1. The van der Waals surface area contributed by atoms with Gasteiger partial charge in [0.25, 0.3) is 5.91 Å². The Morgan fingerprint density at radius 2 is 2.50 bits per heavy atom. The number of aromatic nitrogens is 2. The van der Waals surface area contributed by atoms with Crippen molar-refractivity contribution in [3.05, 3.63) is 18.2 Å². The SMILES string of the molecule is CCCc1nccn1C(COC)C(=O)NN. The van der Waals surface area contributed by atoms with Crippen molar-refractivity contribution in [2.75, 3.05) is 13.7 Å². The van der Waals surface area contributed by atoms with Crippen LogP contribution in [0, 0.1) is 0 Å². The third-order valence-corrected chi connectivity index (χ3v) is 2.33. The molecule has 0 aliphatic carbocycles. The number of hydrazine groups is 1. The minimum Gasteiger partial charge on any atom is -0.382 e. The molecule has 6 nitrogen and oxygen atoms in total. The van der Waals surface area contributed by atoms with Crippen molar-refractivity contribution in [1.29, 1.82) is 0 Å². The minimum atomic E-state index is -0.459. The number of carbonyl (C=O) groups excluding carboxylic acids is 1. The first-order valence-electron chi connectivity index (χ1n) is 5.25. The molecule has 0 saturated carbocycles. The summed E-state index contributed by atoms with van der Waals surface area (Å²) in [6.45, 7) is 2.34. The van der Waals surface area contributed by atoms with Crippen molar-refractivity contribution in [3.63, 3.8) is 0 Å². The molecule has 3 N–H and O–H groups in total. The van der Waals surface area contributed by atoms with Crippen molar-refractivity contribution in [2.45, 2.75) is 25.8 Å². The third kappa shape index (κ3) is 2.80. The predicted molar refractivity (Wildman–Crippen MR) is 59.5 cm³/mol. The number of nitrogens with zero attached hydrogens (tertiary/aromatic N) is 2. The maximum absolute atomic E-state index is 11.6. The lowest BCUT2D eigenvalue weighted by Gasteiger charge is -2.18. The minimum absolute atomic E-state index is 0.274. The zero-order valence-electron chi connectivity index (χ0n) is 9.64. The standard InChI is InChI=1S/C10H18N4O2/c1-3-4-9-12-5-6-14(9)8(7-16-2)10(15)13-11/h5-6,8H,3-4,7,11H2,1-2H3,(H,13,15). The Hall–Kier alpha value is -1.40. The largest absolute Gasteiger partial charge is 0.382 e. The number of imidazole rings is 1. The summed E-state index contributed by atoms with van der Waals surface area (Å²) in [5.74, 6) is 5.73. The van der Waals surface area contributed by atoms with Gasteiger partial charge in [0.1, 0.15) is 11.9 Å². The van der Waals surface area contributed by atoms with E-state index in [1.807, 2.05) is 0 Å². The van der Waals surface area contributed by atoms with Gasteiger partial charge in [0.2, 0.25) is 0 Å². The number of ether oxygens (including phenoxy) is 1. The van der Waals surface area contributed by atoms with Crippen LogP contribution in [0.4, 0.5) is 0 Å². The maximum atomic E-state index is 11.6. The first-order valence-corrected chi connectivity index (χ1v) is 5.25. The number of nitrogens with one attached hydrogen (secondary N) is 1. The second-order valence-electron chi connectivity index (χ2n) is 3.48. The molecular weight excluding hydrogens is 208 g/mol. The molecule has 0 saturated heterocycles. The monoisotopic (exact) mass is 226 g/mol. The van der Waals surface area contributed by atoms with E-state index in [1.165, 1.54) is 0 Å². The highest BCUT2D eigenvalue weighted by Gasteiger charge is 2.21. The lowest BCUT2D eigenvalue weighted by molar-refractivity contribution is -0.125. The average Bonchev–Trinajstić information content (AvgIpc) is 2.73. The molecular formula is C10H18N4O2. The molecule has 0 aliphatic heterocycles. The van der Waals surface area contributed by atoms with E-state index in [-0.39, 0.29) is 12.5 Å². The Morgan fingerprint density at radius 1 is 1.75 bits per heavy atom. The summed E-state index contributed by atoms with van der Waals surface area (Å²) < 4.78 is 6.82. The molecule has 1 amide bonds. The molecule has 6 heteroatoms. The number of amides is 1. The molecule has 1 unspecified atom stereocenters. The fourth-order valence-electron chi connectivity index (χ4n) is 1.58. The Balaban J connectivity index is 2.91. The van der Waals surface area contributed by atoms with E-state index in [9.17, 15) is 4.79 Å². The van der Waals surface area contributed by atoms with E-state index in [1.54, 1.807) is 24.1 Å². The zero-order valence-corrected chi connectivity index (χ0v) is 9.64. The highest BCUT2D eigenvalue weighted by molar-refractivity contribution is 5.79. The van der Waals surface area contributed by atoms with E-state index >= 15 is 0 Å². The average molecular weight is 226 g/mol. The topological polar surface area (TPSA) is 82.2 Å². The van der Waals surface area contributed by atoms with Gasteiger partial charge < -0.3 is 9.30 Å². The highest BCUT2D eigenvalue weighted by atomic mass is 16.5. The van der Waals surface area contributed by atoms with Crippen molar-refractivity contribution in [1.82, 2.24) is 15.0 Å². The van der Waals surface area contributed by atoms with Gasteiger partial charge in [-0.25, -0.2) is 10.8 Å². The van der Waals surface area contributed by atoms with Crippen LogP contribution in [0.15, 0.2) is 12.4 Å². The first kappa shape index (κ1) is 12.7. The quantitative estimate of drug-likeness (QED) is 0.407. The molecule has 1 rings (SSSR count). The van der Waals surface area contributed by atoms with Gasteiger partial charge in [-0.2, -0.15) is 0 Å². The zero-order chi connectivity index (χ0) is 12.0. The normalized spacial score (nSPS) is 12.4. The molecule has 0 aliphatic rings. The Labute approximate surface area is 94.8 Å². The van der Waals surface area contributed by atoms with Gasteiger partial charge >= 0.3 is 0 Å². The number of rotatable bonds is 6. The number of hydrogen-bond donors (Lipinski definition) is 2. The van der Waals surface area contributed by atoms with Gasteiger partial charge in [0.15, 0.2) is 0 Å². The molecule has 16 heavy (non-hydrogen) atoms. The summed E-state index contributed by atoms with van der Waals surface area (Å²) in [5, 5.41) is 0. The van der Waals surface area contributed by atoms with Crippen LogP contribution in [0.3, 0.4) is 0 Å². The van der Waals surface area contributed by atoms with Crippen LogP contribution in [-0.2, 0) is 16.0 Å². The van der Waals surface area contributed by atoms with E-state index < -0.39 is 6.04 Å². The van der Waals surface area contributed by atoms with E-state index in [4.69, 9.17) is 10.6 Å². The first-order chi connectivity index (χ1) is 7.74. The third-order valence-electron chi connectivity index (χ3n) is 2.33.